The first-order valence-electron chi connectivity index (χ1n) is 12.3. The molecule has 2 aromatic carbocycles. The standard InChI is InChI=1S/C28H28BrN7O/c1-4-6-21-17-36(26-22(18(2)3)7-5-8-25(26)29)28(37)35(21)16-19-9-11-20(12-10-19)23-13-14-30-15-24(23)27-31-33-34-32-27/h5,7-15,17-18H,4,6,16H2,1-3H3,(H,31,32,33,34). The molecule has 0 amide bonds. The Morgan fingerprint density at radius 2 is 1.86 bits per heavy atom. The average molecular weight is 558 g/mol. The van der Waals surface area contributed by atoms with E-state index in [2.05, 4.69) is 92.6 Å². The van der Waals surface area contributed by atoms with E-state index in [-0.39, 0.29) is 11.6 Å². The van der Waals surface area contributed by atoms with E-state index in [1.165, 1.54) is 0 Å². The molecule has 188 valence electrons. The quantitative estimate of drug-likeness (QED) is 0.261. The normalized spacial score (nSPS) is 11.4. The molecule has 0 fully saturated rings. The van der Waals surface area contributed by atoms with Crippen molar-refractivity contribution in [3.05, 3.63) is 98.9 Å². The van der Waals surface area contributed by atoms with Crippen LogP contribution in [0.1, 0.15) is 49.9 Å². The number of H-pyrrole nitrogens is 1. The molecule has 3 heterocycles. The number of nitrogens with one attached hydrogen (secondary N) is 1. The van der Waals surface area contributed by atoms with Crippen molar-refractivity contribution in [2.45, 2.75) is 46.1 Å². The second-order valence-corrected chi connectivity index (χ2v) is 10.2. The molecule has 1 N–H and O–H groups in total. The fraction of sp³-hybridized carbons (Fsp3) is 0.250. The van der Waals surface area contributed by atoms with Crippen LogP contribution < -0.4 is 5.69 Å². The lowest BCUT2D eigenvalue weighted by Crippen LogP contribution is -2.25. The van der Waals surface area contributed by atoms with Crippen molar-refractivity contribution < 1.29 is 0 Å². The second-order valence-electron chi connectivity index (χ2n) is 9.31. The second kappa shape index (κ2) is 10.6. The number of benzene rings is 2. The van der Waals surface area contributed by atoms with Crippen LogP contribution in [0.25, 0.3) is 28.2 Å². The van der Waals surface area contributed by atoms with Crippen molar-refractivity contribution in [1.82, 2.24) is 34.7 Å². The third-order valence-electron chi connectivity index (χ3n) is 6.48. The Hall–Kier alpha value is -3.85. The molecule has 0 saturated carbocycles. The van der Waals surface area contributed by atoms with Gasteiger partial charge in [-0.3, -0.25) is 14.1 Å². The van der Waals surface area contributed by atoms with Gasteiger partial charge in [0, 0.05) is 34.3 Å². The summed E-state index contributed by atoms with van der Waals surface area (Å²) < 4.78 is 4.61. The maximum atomic E-state index is 13.7. The molecule has 0 spiro atoms. The van der Waals surface area contributed by atoms with Crippen LogP contribution in [0, 0.1) is 0 Å². The summed E-state index contributed by atoms with van der Waals surface area (Å²) in [6.07, 6.45) is 7.28. The Labute approximate surface area is 223 Å². The van der Waals surface area contributed by atoms with Crippen LogP contribution in [-0.4, -0.2) is 34.7 Å². The van der Waals surface area contributed by atoms with Crippen molar-refractivity contribution in [2.24, 2.45) is 0 Å². The van der Waals surface area contributed by atoms with Crippen molar-refractivity contribution in [3.63, 3.8) is 0 Å². The molecule has 37 heavy (non-hydrogen) atoms. The van der Waals surface area contributed by atoms with Crippen LogP contribution >= 0.6 is 15.9 Å². The van der Waals surface area contributed by atoms with Crippen LogP contribution in [0.15, 0.2) is 76.4 Å². The SMILES string of the molecule is CCCc1cn(-c2c(Br)cccc2C(C)C)c(=O)n1Cc1ccc(-c2ccncc2-c2nnn[nH]2)cc1. The number of nitrogens with zero attached hydrogens (tertiary/aromatic N) is 6. The first kappa shape index (κ1) is 24.8. The number of aryl methyl sites for hydroxylation is 1. The Morgan fingerprint density at radius 3 is 2.57 bits per heavy atom. The first-order valence-corrected chi connectivity index (χ1v) is 13.1. The average Bonchev–Trinajstić information content (AvgIpc) is 3.54. The Bertz CT molecular complexity index is 1570. The van der Waals surface area contributed by atoms with Gasteiger partial charge in [-0.2, -0.15) is 0 Å². The van der Waals surface area contributed by atoms with Gasteiger partial charge in [-0.25, -0.2) is 9.89 Å². The zero-order valence-corrected chi connectivity index (χ0v) is 22.6. The fourth-order valence-corrected chi connectivity index (χ4v) is 5.22. The number of aromatic amines is 1. The molecule has 0 aliphatic carbocycles. The summed E-state index contributed by atoms with van der Waals surface area (Å²) in [6, 6.07) is 16.3. The molecule has 0 unspecified atom stereocenters. The van der Waals surface area contributed by atoms with Gasteiger partial charge in [0.25, 0.3) is 0 Å². The lowest BCUT2D eigenvalue weighted by Gasteiger charge is -2.14. The lowest BCUT2D eigenvalue weighted by molar-refractivity contribution is 0.690. The molecule has 5 rings (SSSR count). The Morgan fingerprint density at radius 1 is 1.05 bits per heavy atom. The van der Waals surface area contributed by atoms with Crippen molar-refractivity contribution in [1.29, 1.82) is 0 Å². The van der Waals surface area contributed by atoms with Crippen molar-refractivity contribution in [3.8, 4) is 28.2 Å². The van der Waals surface area contributed by atoms with Gasteiger partial charge in [0.2, 0.25) is 0 Å². The van der Waals surface area contributed by atoms with Crippen LogP contribution in [0.5, 0.6) is 0 Å². The number of aromatic nitrogens is 7. The zero-order valence-electron chi connectivity index (χ0n) is 21.0. The maximum Gasteiger partial charge on any atom is 0.333 e. The molecule has 0 saturated heterocycles. The molecule has 5 aromatic rings. The number of tetrazole rings is 1. The highest BCUT2D eigenvalue weighted by atomic mass is 79.9. The van der Waals surface area contributed by atoms with E-state index >= 15 is 0 Å². The summed E-state index contributed by atoms with van der Waals surface area (Å²) in [4.78, 5) is 18.0. The van der Waals surface area contributed by atoms with Gasteiger partial charge < -0.3 is 0 Å². The summed E-state index contributed by atoms with van der Waals surface area (Å²) in [5.41, 5.74) is 6.92. The molecule has 0 aliphatic heterocycles. The molecule has 3 aromatic heterocycles. The highest BCUT2D eigenvalue weighted by Gasteiger charge is 2.18. The Kier molecular flexibility index (Phi) is 7.14. The van der Waals surface area contributed by atoms with E-state index in [0.29, 0.717) is 12.4 Å². The summed E-state index contributed by atoms with van der Waals surface area (Å²) in [7, 11) is 0. The number of imidazole rings is 1. The highest BCUT2D eigenvalue weighted by Crippen LogP contribution is 2.31. The Balaban J connectivity index is 1.51. The van der Waals surface area contributed by atoms with Gasteiger partial charge in [-0.05, 0) is 73.1 Å². The third kappa shape index (κ3) is 4.91. The van der Waals surface area contributed by atoms with E-state index in [0.717, 1.165) is 56.5 Å². The summed E-state index contributed by atoms with van der Waals surface area (Å²) in [5.74, 6) is 0.854. The molecular weight excluding hydrogens is 530 g/mol. The molecule has 0 atom stereocenters. The molecule has 8 nitrogen and oxygen atoms in total. The van der Waals surface area contributed by atoms with Gasteiger partial charge in [-0.15, -0.1) is 5.10 Å². The van der Waals surface area contributed by atoms with Gasteiger partial charge in [-0.1, -0.05) is 63.6 Å². The predicted molar refractivity (Wildman–Crippen MR) is 148 cm³/mol. The van der Waals surface area contributed by atoms with E-state index in [4.69, 9.17) is 0 Å². The van der Waals surface area contributed by atoms with E-state index in [1.54, 1.807) is 17.0 Å². The molecular formula is C28H28BrN7O. The fourth-order valence-electron chi connectivity index (χ4n) is 4.64. The summed E-state index contributed by atoms with van der Waals surface area (Å²) in [6.45, 7) is 6.93. The molecule has 9 heteroatoms. The predicted octanol–water partition coefficient (Wildman–Crippen LogP) is 5.77. The summed E-state index contributed by atoms with van der Waals surface area (Å²) >= 11 is 3.69. The van der Waals surface area contributed by atoms with Gasteiger partial charge >= 0.3 is 5.69 Å². The molecule has 0 radical (unpaired) electrons. The lowest BCUT2D eigenvalue weighted by atomic mass is 10.00. The van der Waals surface area contributed by atoms with Crippen molar-refractivity contribution in [2.75, 3.05) is 0 Å². The van der Waals surface area contributed by atoms with Gasteiger partial charge in [0.15, 0.2) is 5.82 Å². The van der Waals surface area contributed by atoms with E-state index in [1.807, 2.05) is 29.0 Å². The number of pyridine rings is 1. The number of hydrogen-bond donors (Lipinski definition) is 1. The minimum atomic E-state index is -0.0319. The number of halogens is 1. The molecule has 0 bridgehead atoms. The smallest absolute Gasteiger partial charge is 0.292 e. The monoisotopic (exact) mass is 557 g/mol. The van der Waals surface area contributed by atoms with Crippen LogP contribution in [-0.2, 0) is 13.0 Å². The maximum absolute atomic E-state index is 13.7. The highest BCUT2D eigenvalue weighted by molar-refractivity contribution is 9.10. The van der Waals surface area contributed by atoms with Gasteiger partial charge in [0.05, 0.1) is 12.2 Å². The van der Waals surface area contributed by atoms with Crippen LogP contribution in [0.3, 0.4) is 0 Å². The van der Waals surface area contributed by atoms with Gasteiger partial charge in [0.1, 0.15) is 0 Å². The third-order valence-corrected chi connectivity index (χ3v) is 7.12. The van der Waals surface area contributed by atoms with E-state index in [9.17, 15) is 4.79 Å². The minimum absolute atomic E-state index is 0.0319. The van der Waals surface area contributed by atoms with Crippen molar-refractivity contribution >= 4 is 15.9 Å². The van der Waals surface area contributed by atoms with E-state index < -0.39 is 0 Å². The molecule has 0 aliphatic rings. The number of para-hydroxylation sites is 1. The number of rotatable bonds is 8. The number of hydrogen-bond acceptors (Lipinski definition) is 5. The minimum Gasteiger partial charge on any atom is -0.292 e. The van der Waals surface area contributed by atoms with Crippen LogP contribution in [0.2, 0.25) is 0 Å². The summed E-state index contributed by atoms with van der Waals surface area (Å²) in [5, 5.41) is 14.2. The van der Waals surface area contributed by atoms with Crippen LogP contribution in [0.4, 0.5) is 0 Å². The zero-order chi connectivity index (χ0) is 25.9. The topological polar surface area (TPSA) is 94.3 Å². The first-order chi connectivity index (χ1) is 18.0. The largest absolute Gasteiger partial charge is 0.333 e.